The second-order valence-corrected chi connectivity index (χ2v) is 8.66. The molecule has 29 heavy (non-hydrogen) atoms. The number of anilines is 1. The highest BCUT2D eigenvalue weighted by molar-refractivity contribution is 7.09. The maximum atomic E-state index is 12.9. The molecule has 1 aromatic carbocycles. The van der Waals surface area contributed by atoms with Crippen LogP contribution in [0.4, 0.5) is 5.82 Å². The van der Waals surface area contributed by atoms with Crippen molar-refractivity contribution in [3.63, 3.8) is 0 Å². The molecule has 2 N–H and O–H groups in total. The Morgan fingerprint density at radius 3 is 2.76 bits per heavy atom. The van der Waals surface area contributed by atoms with Gasteiger partial charge in [-0.3, -0.25) is 4.79 Å². The molecule has 148 valence electrons. The number of nitrogens with one attached hydrogen (secondary N) is 2. The van der Waals surface area contributed by atoms with Crippen LogP contribution in [0.5, 0.6) is 0 Å². The lowest BCUT2D eigenvalue weighted by Crippen LogP contribution is -3.12. The molecule has 0 saturated heterocycles. The van der Waals surface area contributed by atoms with Gasteiger partial charge >= 0.3 is 0 Å². The molecule has 0 radical (unpaired) electrons. The molecule has 0 saturated carbocycles. The van der Waals surface area contributed by atoms with E-state index in [-0.39, 0.29) is 5.91 Å². The van der Waals surface area contributed by atoms with Crippen molar-refractivity contribution in [3.8, 4) is 6.07 Å². The fourth-order valence-corrected chi connectivity index (χ4v) is 4.78. The molecule has 1 amide bonds. The van der Waals surface area contributed by atoms with E-state index < -0.39 is 0 Å². The Labute approximate surface area is 175 Å². The number of nitriles is 1. The fourth-order valence-electron chi connectivity index (χ4n) is 4.08. The van der Waals surface area contributed by atoms with Gasteiger partial charge in [0.15, 0.2) is 6.54 Å². The zero-order valence-electron chi connectivity index (χ0n) is 16.8. The topological polar surface area (TPSA) is 62.3 Å². The van der Waals surface area contributed by atoms with E-state index in [1.165, 1.54) is 20.9 Å². The lowest BCUT2D eigenvalue weighted by atomic mass is 10.00. The molecule has 1 unspecified atom stereocenters. The zero-order chi connectivity index (χ0) is 20.4. The lowest BCUT2D eigenvalue weighted by Gasteiger charge is -2.25. The van der Waals surface area contributed by atoms with Crippen molar-refractivity contribution < 1.29 is 9.69 Å². The van der Waals surface area contributed by atoms with Crippen molar-refractivity contribution in [2.75, 3.05) is 18.4 Å². The summed E-state index contributed by atoms with van der Waals surface area (Å²) in [6.45, 7) is 6.83. The van der Waals surface area contributed by atoms with E-state index in [2.05, 4.69) is 46.3 Å². The Morgan fingerprint density at radius 2 is 2.03 bits per heavy atom. The summed E-state index contributed by atoms with van der Waals surface area (Å²) in [7, 11) is 0. The molecule has 1 atom stereocenters. The number of benzene rings is 1. The van der Waals surface area contributed by atoms with Gasteiger partial charge in [-0.25, -0.2) is 0 Å². The minimum absolute atomic E-state index is 0.0409. The number of fused-ring (bicyclic) bond motifs is 1. The summed E-state index contributed by atoms with van der Waals surface area (Å²) in [5, 5.41) is 14.8. The SMILES string of the molecule is Cc1c(C#N)c(NC(=O)C[NH+]2CCc3ccccc3C2)n(Cc2cccs2)c1C. The molecule has 3 aromatic rings. The van der Waals surface area contributed by atoms with Crippen LogP contribution >= 0.6 is 11.3 Å². The average molecular weight is 406 g/mol. The number of rotatable bonds is 5. The van der Waals surface area contributed by atoms with Crippen LogP contribution in [-0.2, 0) is 24.3 Å². The molecule has 5 nitrogen and oxygen atoms in total. The zero-order valence-corrected chi connectivity index (χ0v) is 17.6. The first-order valence-corrected chi connectivity index (χ1v) is 10.8. The van der Waals surface area contributed by atoms with Gasteiger partial charge in [0.05, 0.1) is 18.7 Å². The predicted octanol–water partition coefficient (Wildman–Crippen LogP) is 2.67. The van der Waals surface area contributed by atoms with Crippen LogP contribution in [0.1, 0.15) is 32.8 Å². The molecular formula is C23H25N4OS+. The van der Waals surface area contributed by atoms with Crippen LogP contribution in [0.25, 0.3) is 0 Å². The number of carbonyl (C=O) groups excluding carboxylic acids is 1. The Hall–Kier alpha value is -2.88. The highest BCUT2D eigenvalue weighted by Crippen LogP contribution is 2.28. The van der Waals surface area contributed by atoms with E-state index in [1.54, 1.807) is 11.3 Å². The molecule has 3 heterocycles. The van der Waals surface area contributed by atoms with Gasteiger partial charge in [0.1, 0.15) is 18.4 Å². The van der Waals surface area contributed by atoms with E-state index in [4.69, 9.17) is 0 Å². The Kier molecular flexibility index (Phi) is 5.52. The van der Waals surface area contributed by atoms with Crippen LogP contribution in [-0.4, -0.2) is 23.6 Å². The van der Waals surface area contributed by atoms with E-state index in [9.17, 15) is 10.1 Å². The largest absolute Gasteiger partial charge is 0.325 e. The fraction of sp³-hybridized carbons (Fsp3) is 0.304. The minimum Gasteiger partial charge on any atom is -0.325 e. The number of amides is 1. The van der Waals surface area contributed by atoms with Crippen molar-refractivity contribution >= 4 is 23.1 Å². The molecule has 4 rings (SSSR count). The molecule has 6 heteroatoms. The van der Waals surface area contributed by atoms with Crippen LogP contribution in [0.2, 0.25) is 0 Å². The quantitative estimate of drug-likeness (QED) is 0.686. The molecule has 1 aliphatic heterocycles. The molecule has 0 aliphatic carbocycles. The van der Waals surface area contributed by atoms with Crippen LogP contribution < -0.4 is 10.2 Å². The number of aromatic nitrogens is 1. The third kappa shape index (κ3) is 3.98. The van der Waals surface area contributed by atoms with Crippen LogP contribution in [0.3, 0.4) is 0 Å². The van der Waals surface area contributed by atoms with Gasteiger partial charge in [-0.1, -0.05) is 30.3 Å². The van der Waals surface area contributed by atoms with Crippen LogP contribution in [0, 0.1) is 25.2 Å². The molecule has 0 bridgehead atoms. The number of nitrogens with zero attached hydrogens (tertiary/aromatic N) is 2. The second-order valence-electron chi connectivity index (χ2n) is 7.63. The first-order valence-electron chi connectivity index (χ1n) is 9.89. The first kappa shape index (κ1) is 19.4. The van der Waals surface area contributed by atoms with Crippen molar-refractivity contribution in [2.24, 2.45) is 0 Å². The molecule has 0 spiro atoms. The Morgan fingerprint density at radius 1 is 1.24 bits per heavy atom. The van der Waals surface area contributed by atoms with Gasteiger partial charge in [-0.05, 0) is 36.4 Å². The van der Waals surface area contributed by atoms with Gasteiger partial charge < -0.3 is 14.8 Å². The van der Waals surface area contributed by atoms with E-state index >= 15 is 0 Å². The number of hydrogen-bond donors (Lipinski definition) is 2. The average Bonchev–Trinajstić information content (AvgIpc) is 3.31. The number of quaternary nitrogens is 1. The third-order valence-corrected chi connectivity index (χ3v) is 6.67. The number of carbonyl (C=O) groups is 1. The highest BCUT2D eigenvalue weighted by atomic mass is 32.1. The third-order valence-electron chi connectivity index (χ3n) is 5.81. The van der Waals surface area contributed by atoms with Gasteiger partial charge in [-0.2, -0.15) is 5.26 Å². The van der Waals surface area contributed by atoms with Crippen molar-refractivity contribution in [3.05, 3.63) is 74.6 Å². The standard InChI is InChI=1S/C23H24N4OS/c1-16-17(2)27(14-20-8-5-11-29-20)23(21(16)12-24)25-22(28)15-26-10-9-18-6-3-4-7-19(18)13-26/h3-8,11H,9-10,13-15H2,1-2H3,(H,25,28)/p+1. The second kappa shape index (κ2) is 8.24. The van der Waals surface area contributed by atoms with E-state index in [1.807, 2.05) is 25.3 Å². The predicted molar refractivity (Wildman–Crippen MR) is 115 cm³/mol. The van der Waals surface area contributed by atoms with Gasteiger partial charge in [-0.15, -0.1) is 11.3 Å². The lowest BCUT2D eigenvalue weighted by molar-refractivity contribution is -0.907. The minimum atomic E-state index is -0.0409. The summed E-state index contributed by atoms with van der Waals surface area (Å²) in [5.74, 6) is 0.582. The Balaban J connectivity index is 1.52. The molecule has 0 fully saturated rings. The number of hydrogen-bond acceptors (Lipinski definition) is 3. The van der Waals surface area contributed by atoms with Crippen molar-refractivity contribution in [2.45, 2.75) is 33.4 Å². The highest BCUT2D eigenvalue weighted by Gasteiger charge is 2.24. The normalized spacial score (nSPS) is 15.6. The van der Waals surface area contributed by atoms with E-state index in [0.717, 1.165) is 30.8 Å². The monoisotopic (exact) mass is 405 g/mol. The summed E-state index contributed by atoms with van der Waals surface area (Å²) in [4.78, 5) is 15.3. The summed E-state index contributed by atoms with van der Waals surface area (Å²) in [6.07, 6.45) is 0.995. The number of thiophene rings is 1. The van der Waals surface area contributed by atoms with Crippen molar-refractivity contribution in [1.29, 1.82) is 5.26 Å². The summed E-state index contributed by atoms with van der Waals surface area (Å²) in [5.41, 5.74) is 5.22. The maximum absolute atomic E-state index is 12.9. The van der Waals surface area contributed by atoms with E-state index in [0.29, 0.717) is 24.5 Å². The first-order chi connectivity index (χ1) is 14.1. The van der Waals surface area contributed by atoms with Gasteiger partial charge in [0, 0.05) is 22.6 Å². The Bertz CT molecular complexity index is 1080. The molecule has 1 aliphatic rings. The van der Waals surface area contributed by atoms with Gasteiger partial charge in [0.2, 0.25) is 0 Å². The smallest absolute Gasteiger partial charge is 0.280 e. The van der Waals surface area contributed by atoms with Crippen LogP contribution in [0.15, 0.2) is 41.8 Å². The molecule has 2 aromatic heterocycles. The summed E-state index contributed by atoms with van der Waals surface area (Å²) < 4.78 is 2.05. The van der Waals surface area contributed by atoms with Gasteiger partial charge in [0.25, 0.3) is 5.91 Å². The summed E-state index contributed by atoms with van der Waals surface area (Å²) >= 11 is 1.68. The van der Waals surface area contributed by atoms with Crippen molar-refractivity contribution in [1.82, 2.24) is 4.57 Å². The maximum Gasteiger partial charge on any atom is 0.280 e. The summed E-state index contributed by atoms with van der Waals surface area (Å²) in [6, 6.07) is 14.8. The molecular weight excluding hydrogens is 380 g/mol.